The zero-order valence-electron chi connectivity index (χ0n) is 13.0. The van der Waals surface area contributed by atoms with Gasteiger partial charge in [-0.05, 0) is 37.3 Å². The van der Waals surface area contributed by atoms with Gasteiger partial charge >= 0.3 is 0 Å². The summed E-state index contributed by atoms with van der Waals surface area (Å²) in [6.45, 7) is 5.37. The Labute approximate surface area is 126 Å². The predicted molar refractivity (Wildman–Crippen MR) is 84.3 cm³/mol. The lowest BCUT2D eigenvalue weighted by molar-refractivity contribution is -0.132. The summed E-state index contributed by atoms with van der Waals surface area (Å²) >= 11 is 0. The van der Waals surface area contributed by atoms with Crippen molar-refractivity contribution in [2.24, 2.45) is 0 Å². The summed E-state index contributed by atoms with van der Waals surface area (Å²) in [5.41, 5.74) is 1.96. The van der Waals surface area contributed by atoms with Crippen LogP contribution in [0.25, 0.3) is 0 Å². The van der Waals surface area contributed by atoms with Crippen LogP contribution in [0, 0.1) is 0 Å². The molecule has 0 bridgehead atoms. The summed E-state index contributed by atoms with van der Waals surface area (Å²) in [7, 11) is 0. The smallest absolute Gasteiger partial charge is 0.242 e. The minimum atomic E-state index is -0.0822. The normalized spacial score (nSPS) is 14.9. The standard InChI is InChI=1S/C17H24N2O2/c1-3-15-9-5-6-10-16(15)19(14(2)20)13-17(21)18-11-7-4-8-12-18/h5-6,9-10H,3-4,7-8,11-13H2,1-2H3. The number of para-hydroxylation sites is 1. The van der Waals surface area contributed by atoms with Crippen LogP contribution in [0.2, 0.25) is 0 Å². The quantitative estimate of drug-likeness (QED) is 0.854. The van der Waals surface area contributed by atoms with E-state index in [9.17, 15) is 9.59 Å². The maximum atomic E-state index is 12.4. The molecule has 1 aliphatic rings. The number of piperidine rings is 1. The molecule has 0 radical (unpaired) electrons. The molecule has 0 aromatic heterocycles. The van der Waals surface area contributed by atoms with E-state index < -0.39 is 0 Å². The zero-order valence-corrected chi connectivity index (χ0v) is 13.0. The van der Waals surface area contributed by atoms with Crippen molar-refractivity contribution in [2.75, 3.05) is 24.5 Å². The number of aryl methyl sites for hydroxylation is 1. The van der Waals surface area contributed by atoms with E-state index in [0.29, 0.717) is 0 Å². The molecule has 0 atom stereocenters. The third-order valence-electron chi connectivity index (χ3n) is 4.05. The number of anilines is 1. The van der Waals surface area contributed by atoms with Gasteiger partial charge in [-0.3, -0.25) is 9.59 Å². The van der Waals surface area contributed by atoms with Gasteiger partial charge in [-0.2, -0.15) is 0 Å². The predicted octanol–water partition coefficient (Wildman–Crippen LogP) is 2.61. The van der Waals surface area contributed by atoms with E-state index in [4.69, 9.17) is 0 Å². The summed E-state index contributed by atoms with van der Waals surface area (Å²) in [5, 5.41) is 0. The molecule has 1 aliphatic heterocycles. The van der Waals surface area contributed by atoms with E-state index in [1.807, 2.05) is 29.2 Å². The monoisotopic (exact) mass is 288 g/mol. The van der Waals surface area contributed by atoms with Crippen molar-refractivity contribution in [1.82, 2.24) is 4.90 Å². The molecule has 0 aliphatic carbocycles. The maximum Gasteiger partial charge on any atom is 0.242 e. The second-order valence-electron chi connectivity index (χ2n) is 5.53. The third-order valence-corrected chi connectivity index (χ3v) is 4.05. The van der Waals surface area contributed by atoms with Gasteiger partial charge in [0.1, 0.15) is 6.54 Å². The molecule has 0 N–H and O–H groups in total. The van der Waals surface area contributed by atoms with Crippen LogP contribution in [-0.4, -0.2) is 36.3 Å². The number of hydrogen-bond donors (Lipinski definition) is 0. The molecule has 0 spiro atoms. The molecule has 1 saturated heterocycles. The van der Waals surface area contributed by atoms with Crippen molar-refractivity contribution in [3.63, 3.8) is 0 Å². The molecule has 0 unspecified atom stereocenters. The first-order chi connectivity index (χ1) is 10.1. The fourth-order valence-electron chi connectivity index (χ4n) is 2.82. The van der Waals surface area contributed by atoms with Crippen molar-refractivity contribution in [1.29, 1.82) is 0 Å². The number of carbonyl (C=O) groups is 2. The van der Waals surface area contributed by atoms with Gasteiger partial charge in [0.05, 0.1) is 0 Å². The fourth-order valence-corrected chi connectivity index (χ4v) is 2.82. The van der Waals surface area contributed by atoms with Gasteiger partial charge in [-0.1, -0.05) is 25.1 Å². The molecule has 1 heterocycles. The average Bonchev–Trinajstić information content (AvgIpc) is 2.53. The summed E-state index contributed by atoms with van der Waals surface area (Å²) in [6, 6.07) is 7.81. The first-order valence-corrected chi connectivity index (χ1v) is 7.77. The first kappa shape index (κ1) is 15.5. The van der Waals surface area contributed by atoms with Crippen molar-refractivity contribution in [3.05, 3.63) is 29.8 Å². The lowest BCUT2D eigenvalue weighted by atomic mass is 10.1. The Balaban J connectivity index is 2.15. The number of benzene rings is 1. The third kappa shape index (κ3) is 3.84. The van der Waals surface area contributed by atoms with E-state index in [2.05, 4.69) is 6.92 Å². The van der Waals surface area contributed by atoms with Crippen LogP contribution in [0.3, 0.4) is 0 Å². The first-order valence-electron chi connectivity index (χ1n) is 7.77. The van der Waals surface area contributed by atoms with Gasteiger partial charge < -0.3 is 9.80 Å². The molecular weight excluding hydrogens is 264 g/mol. The number of amides is 2. The van der Waals surface area contributed by atoms with E-state index in [1.54, 1.807) is 4.90 Å². The van der Waals surface area contributed by atoms with Gasteiger partial charge in [0.2, 0.25) is 11.8 Å². The lowest BCUT2D eigenvalue weighted by Crippen LogP contribution is -2.44. The molecule has 114 valence electrons. The molecule has 21 heavy (non-hydrogen) atoms. The topological polar surface area (TPSA) is 40.6 Å². The van der Waals surface area contributed by atoms with E-state index in [-0.39, 0.29) is 18.4 Å². The highest BCUT2D eigenvalue weighted by Crippen LogP contribution is 2.21. The molecule has 2 amide bonds. The van der Waals surface area contributed by atoms with E-state index in [1.165, 1.54) is 13.3 Å². The Kier molecular flexibility index (Phi) is 5.37. The largest absolute Gasteiger partial charge is 0.341 e. The van der Waals surface area contributed by atoms with Crippen LogP contribution in [-0.2, 0) is 16.0 Å². The van der Waals surface area contributed by atoms with Crippen LogP contribution in [0.1, 0.15) is 38.7 Å². The molecule has 4 heteroatoms. The van der Waals surface area contributed by atoms with Crippen LogP contribution in [0.5, 0.6) is 0 Å². The Morgan fingerprint density at radius 1 is 1.14 bits per heavy atom. The minimum Gasteiger partial charge on any atom is -0.341 e. The summed E-state index contributed by atoms with van der Waals surface area (Å²) < 4.78 is 0. The molecule has 1 aromatic carbocycles. The zero-order chi connectivity index (χ0) is 15.2. The molecule has 2 rings (SSSR count). The number of carbonyl (C=O) groups excluding carboxylic acids is 2. The Morgan fingerprint density at radius 3 is 2.43 bits per heavy atom. The Morgan fingerprint density at radius 2 is 1.81 bits per heavy atom. The maximum absolute atomic E-state index is 12.4. The Hall–Kier alpha value is -1.84. The van der Waals surface area contributed by atoms with Gasteiger partial charge in [0, 0.05) is 25.7 Å². The number of nitrogens with zero attached hydrogens (tertiary/aromatic N) is 2. The summed E-state index contributed by atoms with van der Waals surface area (Å²) in [6.07, 6.45) is 4.17. The summed E-state index contributed by atoms with van der Waals surface area (Å²) in [4.78, 5) is 27.9. The van der Waals surface area contributed by atoms with Gasteiger partial charge in [0.15, 0.2) is 0 Å². The van der Waals surface area contributed by atoms with Gasteiger partial charge in [-0.15, -0.1) is 0 Å². The molecule has 0 saturated carbocycles. The fraction of sp³-hybridized carbons (Fsp3) is 0.529. The van der Waals surface area contributed by atoms with Crippen molar-refractivity contribution in [3.8, 4) is 0 Å². The second kappa shape index (κ2) is 7.25. The lowest BCUT2D eigenvalue weighted by Gasteiger charge is -2.30. The van der Waals surface area contributed by atoms with Crippen LogP contribution < -0.4 is 4.90 Å². The van der Waals surface area contributed by atoms with E-state index in [0.717, 1.165) is 43.6 Å². The molecule has 1 aromatic rings. The highest BCUT2D eigenvalue weighted by Gasteiger charge is 2.22. The molecular formula is C17H24N2O2. The van der Waals surface area contributed by atoms with Gasteiger partial charge in [0.25, 0.3) is 0 Å². The highest BCUT2D eigenvalue weighted by molar-refractivity contribution is 5.98. The highest BCUT2D eigenvalue weighted by atomic mass is 16.2. The molecule has 1 fully saturated rings. The van der Waals surface area contributed by atoms with Gasteiger partial charge in [-0.25, -0.2) is 0 Å². The van der Waals surface area contributed by atoms with Crippen molar-refractivity contribution < 1.29 is 9.59 Å². The number of hydrogen-bond acceptors (Lipinski definition) is 2. The SMILES string of the molecule is CCc1ccccc1N(CC(=O)N1CCCCC1)C(C)=O. The van der Waals surface area contributed by atoms with E-state index >= 15 is 0 Å². The van der Waals surface area contributed by atoms with Crippen LogP contribution >= 0.6 is 0 Å². The number of rotatable bonds is 4. The van der Waals surface area contributed by atoms with Crippen molar-refractivity contribution >= 4 is 17.5 Å². The van der Waals surface area contributed by atoms with Crippen LogP contribution in [0.15, 0.2) is 24.3 Å². The summed E-state index contributed by atoms with van der Waals surface area (Å²) in [5.74, 6) is -0.0305. The van der Waals surface area contributed by atoms with Crippen LogP contribution in [0.4, 0.5) is 5.69 Å². The number of likely N-dealkylation sites (tertiary alicyclic amines) is 1. The van der Waals surface area contributed by atoms with Crippen molar-refractivity contribution in [2.45, 2.75) is 39.5 Å². The Bertz CT molecular complexity index is 507. The molecule has 4 nitrogen and oxygen atoms in total. The average molecular weight is 288 g/mol. The second-order valence-corrected chi connectivity index (χ2v) is 5.53. The minimum absolute atomic E-state index is 0.0517.